The Hall–Kier alpha value is -1.13. The van der Waals surface area contributed by atoms with Gasteiger partial charge >= 0.3 is 0 Å². The molecule has 0 saturated carbocycles. The Bertz CT molecular complexity index is 358. The highest BCUT2D eigenvalue weighted by Gasteiger charge is 2.03. The average molecular weight is 268 g/mol. The minimum absolute atomic E-state index is 0.270. The predicted molar refractivity (Wildman–Crippen MR) is 77.3 cm³/mol. The molecule has 1 rings (SSSR count). The quantitative estimate of drug-likeness (QED) is 0.639. The highest BCUT2D eigenvalue weighted by atomic mass is 19.1. The van der Waals surface area contributed by atoms with Crippen LogP contribution in [-0.2, 0) is 6.42 Å². The molecule has 0 aromatic heterocycles. The maximum absolute atomic E-state index is 13.6. The molecular formula is C15H25FN2O. The summed E-state index contributed by atoms with van der Waals surface area (Å²) in [5.41, 5.74) is 1.00. The lowest BCUT2D eigenvalue weighted by Crippen LogP contribution is -2.19. The molecule has 3 nitrogen and oxygen atoms in total. The fourth-order valence-corrected chi connectivity index (χ4v) is 1.88. The van der Waals surface area contributed by atoms with Crippen molar-refractivity contribution in [3.8, 4) is 5.75 Å². The van der Waals surface area contributed by atoms with Crippen LogP contribution in [0.25, 0.3) is 0 Å². The average Bonchev–Trinajstić information content (AvgIpc) is 2.41. The van der Waals surface area contributed by atoms with Gasteiger partial charge in [-0.3, -0.25) is 0 Å². The van der Waals surface area contributed by atoms with Crippen LogP contribution in [0.3, 0.4) is 0 Å². The van der Waals surface area contributed by atoms with Gasteiger partial charge in [-0.05, 0) is 70.6 Å². The summed E-state index contributed by atoms with van der Waals surface area (Å²) in [6, 6.07) is 5.20. The van der Waals surface area contributed by atoms with E-state index in [2.05, 4.69) is 10.6 Å². The normalized spacial score (nSPS) is 10.7. The third kappa shape index (κ3) is 6.55. The van der Waals surface area contributed by atoms with E-state index in [4.69, 9.17) is 4.74 Å². The van der Waals surface area contributed by atoms with Crippen molar-refractivity contribution in [2.24, 2.45) is 0 Å². The Kier molecular flexibility index (Phi) is 8.18. The van der Waals surface area contributed by atoms with E-state index in [1.807, 2.05) is 20.0 Å². The van der Waals surface area contributed by atoms with E-state index >= 15 is 0 Å². The first-order valence-electron chi connectivity index (χ1n) is 7.04. The van der Waals surface area contributed by atoms with Crippen molar-refractivity contribution in [3.05, 3.63) is 29.6 Å². The van der Waals surface area contributed by atoms with Gasteiger partial charge in [0.2, 0.25) is 0 Å². The standard InChI is InChI=1S/C15H25FN2O/c1-3-19-15-7-6-13(12-14(15)16)8-11-18-10-5-4-9-17-2/h6-7,12,17-18H,3-5,8-11H2,1-2H3. The third-order valence-electron chi connectivity index (χ3n) is 2.92. The molecule has 0 bridgehead atoms. The first-order valence-corrected chi connectivity index (χ1v) is 7.04. The lowest BCUT2D eigenvalue weighted by Gasteiger charge is -2.08. The lowest BCUT2D eigenvalue weighted by molar-refractivity contribution is 0.321. The lowest BCUT2D eigenvalue weighted by atomic mass is 10.1. The van der Waals surface area contributed by atoms with E-state index in [1.54, 1.807) is 12.1 Å². The number of nitrogens with one attached hydrogen (secondary N) is 2. The van der Waals surface area contributed by atoms with Gasteiger partial charge in [0.05, 0.1) is 6.61 Å². The van der Waals surface area contributed by atoms with E-state index < -0.39 is 0 Å². The summed E-state index contributed by atoms with van der Waals surface area (Å²) in [7, 11) is 1.97. The van der Waals surface area contributed by atoms with Crippen molar-refractivity contribution in [2.45, 2.75) is 26.2 Å². The molecule has 2 N–H and O–H groups in total. The largest absolute Gasteiger partial charge is 0.491 e. The van der Waals surface area contributed by atoms with Crippen LogP contribution in [0.4, 0.5) is 4.39 Å². The van der Waals surface area contributed by atoms with Crippen LogP contribution in [-0.4, -0.2) is 33.3 Å². The summed E-state index contributed by atoms with van der Waals surface area (Å²) in [6.07, 6.45) is 3.19. The molecule has 0 spiro atoms. The van der Waals surface area contributed by atoms with Gasteiger partial charge in [0.25, 0.3) is 0 Å². The smallest absolute Gasteiger partial charge is 0.165 e. The van der Waals surface area contributed by atoms with Gasteiger partial charge in [-0.15, -0.1) is 0 Å². The Balaban J connectivity index is 2.20. The molecule has 0 unspecified atom stereocenters. The molecule has 1 aromatic carbocycles. The van der Waals surface area contributed by atoms with Gasteiger partial charge in [0.15, 0.2) is 11.6 Å². The first kappa shape index (κ1) is 15.9. The molecule has 4 heteroatoms. The molecule has 0 aliphatic carbocycles. The monoisotopic (exact) mass is 268 g/mol. The van der Waals surface area contributed by atoms with Crippen LogP contribution in [0.1, 0.15) is 25.3 Å². The van der Waals surface area contributed by atoms with Crippen molar-refractivity contribution in [2.75, 3.05) is 33.3 Å². The number of unbranched alkanes of at least 4 members (excludes halogenated alkanes) is 1. The summed E-state index contributed by atoms with van der Waals surface area (Å²) >= 11 is 0. The van der Waals surface area contributed by atoms with E-state index in [-0.39, 0.29) is 5.82 Å². The van der Waals surface area contributed by atoms with Gasteiger partial charge in [-0.1, -0.05) is 6.07 Å². The number of rotatable bonds is 10. The van der Waals surface area contributed by atoms with Crippen molar-refractivity contribution in [1.29, 1.82) is 0 Å². The summed E-state index contributed by atoms with van der Waals surface area (Å²) in [5.74, 6) is 0.0691. The minimum Gasteiger partial charge on any atom is -0.491 e. The van der Waals surface area contributed by atoms with Crippen LogP contribution in [0, 0.1) is 5.82 Å². The van der Waals surface area contributed by atoms with Crippen molar-refractivity contribution in [3.63, 3.8) is 0 Å². The SMILES string of the molecule is CCOc1ccc(CCNCCCCNC)cc1F. The Morgan fingerprint density at radius 2 is 1.95 bits per heavy atom. The number of hydrogen-bond donors (Lipinski definition) is 2. The molecule has 19 heavy (non-hydrogen) atoms. The second-order valence-electron chi connectivity index (χ2n) is 4.51. The van der Waals surface area contributed by atoms with Gasteiger partial charge in [-0.25, -0.2) is 4.39 Å². The number of ether oxygens (including phenoxy) is 1. The number of benzene rings is 1. The third-order valence-corrected chi connectivity index (χ3v) is 2.92. The van der Waals surface area contributed by atoms with Gasteiger partial charge in [-0.2, -0.15) is 0 Å². The summed E-state index contributed by atoms with van der Waals surface area (Å²) in [5, 5.41) is 6.50. The first-order chi connectivity index (χ1) is 9.27. The molecule has 0 atom stereocenters. The molecular weight excluding hydrogens is 243 g/mol. The molecule has 0 heterocycles. The Morgan fingerprint density at radius 3 is 2.63 bits per heavy atom. The summed E-state index contributed by atoms with van der Waals surface area (Å²) in [4.78, 5) is 0. The predicted octanol–water partition coefficient (Wildman–Crippen LogP) is 2.36. The van der Waals surface area contributed by atoms with E-state index in [0.717, 1.165) is 31.6 Å². The van der Waals surface area contributed by atoms with Gasteiger partial charge in [0, 0.05) is 0 Å². The fraction of sp³-hybridized carbons (Fsp3) is 0.600. The van der Waals surface area contributed by atoms with E-state index in [1.165, 1.54) is 12.8 Å². The van der Waals surface area contributed by atoms with Crippen LogP contribution in [0.5, 0.6) is 5.75 Å². The Labute approximate surface area is 115 Å². The molecule has 0 amide bonds. The van der Waals surface area contributed by atoms with E-state index in [0.29, 0.717) is 12.4 Å². The second-order valence-corrected chi connectivity index (χ2v) is 4.51. The zero-order valence-electron chi connectivity index (χ0n) is 12.0. The number of hydrogen-bond acceptors (Lipinski definition) is 3. The zero-order valence-corrected chi connectivity index (χ0v) is 12.0. The maximum Gasteiger partial charge on any atom is 0.165 e. The molecule has 0 saturated heterocycles. The molecule has 1 aromatic rings. The summed E-state index contributed by atoms with van der Waals surface area (Å²) < 4.78 is 18.8. The zero-order chi connectivity index (χ0) is 13.9. The van der Waals surface area contributed by atoms with Crippen LogP contribution in [0.15, 0.2) is 18.2 Å². The highest BCUT2D eigenvalue weighted by molar-refractivity contribution is 5.29. The van der Waals surface area contributed by atoms with Gasteiger partial charge in [0.1, 0.15) is 0 Å². The Morgan fingerprint density at radius 1 is 1.16 bits per heavy atom. The van der Waals surface area contributed by atoms with Crippen LogP contribution in [0.2, 0.25) is 0 Å². The maximum atomic E-state index is 13.6. The topological polar surface area (TPSA) is 33.3 Å². The van der Waals surface area contributed by atoms with Crippen LogP contribution >= 0.6 is 0 Å². The van der Waals surface area contributed by atoms with Crippen molar-refractivity contribution in [1.82, 2.24) is 10.6 Å². The number of halogens is 1. The minimum atomic E-state index is -0.270. The van der Waals surface area contributed by atoms with E-state index in [9.17, 15) is 4.39 Å². The molecule has 0 aliphatic rings. The van der Waals surface area contributed by atoms with Crippen LogP contribution < -0.4 is 15.4 Å². The van der Waals surface area contributed by atoms with Crippen molar-refractivity contribution < 1.29 is 9.13 Å². The van der Waals surface area contributed by atoms with Crippen molar-refractivity contribution >= 4 is 0 Å². The molecule has 0 aliphatic heterocycles. The fourth-order valence-electron chi connectivity index (χ4n) is 1.88. The second kappa shape index (κ2) is 9.75. The van der Waals surface area contributed by atoms with Gasteiger partial charge < -0.3 is 15.4 Å². The summed E-state index contributed by atoms with van der Waals surface area (Å²) in [6.45, 7) is 5.30. The molecule has 108 valence electrons. The highest BCUT2D eigenvalue weighted by Crippen LogP contribution is 2.18. The molecule has 0 radical (unpaired) electrons. The molecule has 0 fully saturated rings.